The average molecular weight is 298 g/mol. The average Bonchev–Trinajstić information content (AvgIpc) is 2.83. The van der Waals surface area contributed by atoms with Gasteiger partial charge in [-0.2, -0.15) is 0 Å². The molecule has 0 radical (unpaired) electrons. The molecule has 1 fully saturated rings. The van der Waals surface area contributed by atoms with Gasteiger partial charge in [0, 0.05) is 20.6 Å². The van der Waals surface area contributed by atoms with E-state index < -0.39 is 6.03 Å². The first-order chi connectivity index (χ1) is 9.81. The van der Waals surface area contributed by atoms with Crippen molar-refractivity contribution in [3.05, 3.63) is 0 Å². The van der Waals surface area contributed by atoms with E-state index in [1.165, 1.54) is 4.90 Å². The van der Waals surface area contributed by atoms with Gasteiger partial charge in [-0.25, -0.2) is 4.79 Å². The number of likely N-dealkylation sites (N-methyl/N-ethyl adjacent to an activating group) is 1. The number of likely N-dealkylation sites (tertiary alicyclic amines) is 1. The number of rotatable bonds is 5. The SMILES string of the molecule is CC(C)CNC(=O)NC(=O)CN1CCCC1C(=O)N(C)C. The van der Waals surface area contributed by atoms with E-state index in [0.29, 0.717) is 19.0 Å². The lowest BCUT2D eigenvalue weighted by Gasteiger charge is -2.25. The van der Waals surface area contributed by atoms with E-state index >= 15 is 0 Å². The highest BCUT2D eigenvalue weighted by atomic mass is 16.2. The van der Waals surface area contributed by atoms with E-state index in [-0.39, 0.29) is 24.4 Å². The van der Waals surface area contributed by atoms with Crippen LogP contribution in [0.5, 0.6) is 0 Å². The molecule has 1 heterocycles. The highest BCUT2D eigenvalue weighted by Crippen LogP contribution is 2.18. The van der Waals surface area contributed by atoms with Crippen LogP contribution < -0.4 is 10.6 Å². The van der Waals surface area contributed by atoms with E-state index in [9.17, 15) is 14.4 Å². The Balaban J connectivity index is 2.43. The molecule has 1 aliphatic heterocycles. The molecule has 0 spiro atoms. The van der Waals surface area contributed by atoms with Crippen LogP contribution >= 0.6 is 0 Å². The third kappa shape index (κ3) is 5.71. The number of hydrogen-bond donors (Lipinski definition) is 2. The molecule has 0 aliphatic carbocycles. The number of carbonyl (C=O) groups excluding carboxylic acids is 3. The van der Waals surface area contributed by atoms with Crippen LogP contribution in [0.3, 0.4) is 0 Å². The molecule has 2 N–H and O–H groups in total. The molecule has 0 aromatic heterocycles. The van der Waals surface area contributed by atoms with Gasteiger partial charge in [0.1, 0.15) is 0 Å². The summed E-state index contributed by atoms with van der Waals surface area (Å²) >= 11 is 0. The van der Waals surface area contributed by atoms with Gasteiger partial charge in [-0.3, -0.25) is 19.8 Å². The molecule has 7 nitrogen and oxygen atoms in total. The van der Waals surface area contributed by atoms with E-state index in [2.05, 4.69) is 10.6 Å². The Morgan fingerprint density at radius 2 is 1.95 bits per heavy atom. The first-order valence-corrected chi connectivity index (χ1v) is 7.34. The van der Waals surface area contributed by atoms with Crippen molar-refractivity contribution in [1.29, 1.82) is 0 Å². The Labute approximate surface area is 126 Å². The van der Waals surface area contributed by atoms with Gasteiger partial charge in [-0.15, -0.1) is 0 Å². The largest absolute Gasteiger partial charge is 0.347 e. The number of hydrogen-bond acceptors (Lipinski definition) is 4. The molecule has 7 heteroatoms. The highest BCUT2D eigenvalue weighted by molar-refractivity contribution is 5.95. The third-order valence-electron chi connectivity index (χ3n) is 3.36. The van der Waals surface area contributed by atoms with Crippen molar-refractivity contribution in [2.75, 3.05) is 33.7 Å². The van der Waals surface area contributed by atoms with Crippen molar-refractivity contribution in [2.24, 2.45) is 5.92 Å². The zero-order valence-corrected chi connectivity index (χ0v) is 13.3. The molecule has 0 saturated carbocycles. The summed E-state index contributed by atoms with van der Waals surface area (Å²) in [7, 11) is 3.41. The fraction of sp³-hybridized carbons (Fsp3) is 0.786. The van der Waals surface area contributed by atoms with Crippen molar-refractivity contribution in [1.82, 2.24) is 20.4 Å². The van der Waals surface area contributed by atoms with Crippen LogP contribution in [0.15, 0.2) is 0 Å². The normalized spacial score (nSPS) is 18.6. The lowest BCUT2D eigenvalue weighted by Crippen LogP contribution is -2.49. The predicted molar refractivity (Wildman–Crippen MR) is 79.7 cm³/mol. The van der Waals surface area contributed by atoms with Gasteiger partial charge in [-0.1, -0.05) is 13.8 Å². The zero-order valence-electron chi connectivity index (χ0n) is 13.3. The fourth-order valence-corrected chi connectivity index (χ4v) is 2.28. The first kappa shape index (κ1) is 17.4. The summed E-state index contributed by atoms with van der Waals surface area (Å²) < 4.78 is 0. The summed E-state index contributed by atoms with van der Waals surface area (Å²) in [6, 6.07) is -0.743. The molecule has 0 aromatic carbocycles. The molecule has 0 bridgehead atoms. The van der Waals surface area contributed by atoms with E-state index in [1.54, 1.807) is 14.1 Å². The van der Waals surface area contributed by atoms with Crippen LogP contribution in [0.4, 0.5) is 4.79 Å². The van der Waals surface area contributed by atoms with Crippen molar-refractivity contribution < 1.29 is 14.4 Å². The standard InChI is InChI=1S/C14H26N4O3/c1-10(2)8-15-14(21)16-12(19)9-18-7-5-6-11(18)13(20)17(3)4/h10-11H,5-9H2,1-4H3,(H2,15,16,19,21). The Morgan fingerprint density at radius 1 is 1.29 bits per heavy atom. The lowest BCUT2D eigenvalue weighted by molar-refractivity contribution is -0.134. The number of imide groups is 1. The van der Waals surface area contributed by atoms with Crippen molar-refractivity contribution in [3.63, 3.8) is 0 Å². The van der Waals surface area contributed by atoms with Gasteiger partial charge in [0.05, 0.1) is 12.6 Å². The number of nitrogens with zero attached hydrogens (tertiary/aromatic N) is 2. The lowest BCUT2D eigenvalue weighted by atomic mass is 10.2. The predicted octanol–water partition coefficient (Wildman–Crippen LogP) is 0.0208. The summed E-state index contributed by atoms with van der Waals surface area (Å²) in [5.74, 6) is -0.0502. The number of nitrogens with one attached hydrogen (secondary N) is 2. The van der Waals surface area contributed by atoms with Gasteiger partial charge in [0.25, 0.3) is 0 Å². The van der Waals surface area contributed by atoms with Gasteiger partial charge in [-0.05, 0) is 25.3 Å². The molecule has 120 valence electrons. The number of urea groups is 1. The molecular weight excluding hydrogens is 272 g/mol. The van der Waals surface area contributed by atoms with E-state index in [4.69, 9.17) is 0 Å². The second-order valence-corrected chi connectivity index (χ2v) is 6.01. The minimum absolute atomic E-state index is 0.00422. The molecule has 1 aliphatic rings. The monoisotopic (exact) mass is 298 g/mol. The summed E-state index contributed by atoms with van der Waals surface area (Å²) in [6.45, 7) is 5.24. The van der Waals surface area contributed by atoms with Gasteiger partial charge in [0.15, 0.2) is 0 Å². The summed E-state index contributed by atoms with van der Waals surface area (Å²) in [5, 5.41) is 4.92. The van der Waals surface area contributed by atoms with Crippen LogP contribution in [0.2, 0.25) is 0 Å². The maximum absolute atomic E-state index is 12.0. The number of amides is 4. The van der Waals surface area contributed by atoms with E-state index in [0.717, 1.165) is 12.8 Å². The molecule has 4 amide bonds. The molecule has 0 aromatic rings. The molecule has 1 atom stereocenters. The fourth-order valence-electron chi connectivity index (χ4n) is 2.28. The van der Waals surface area contributed by atoms with Gasteiger partial charge < -0.3 is 10.2 Å². The van der Waals surface area contributed by atoms with Crippen LogP contribution in [-0.4, -0.2) is 67.4 Å². The van der Waals surface area contributed by atoms with Gasteiger partial charge >= 0.3 is 6.03 Å². The summed E-state index contributed by atoms with van der Waals surface area (Å²) in [6.07, 6.45) is 1.64. The van der Waals surface area contributed by atoms with Crippen LogP contribution in [0.1, 0.15) is 26.7 Å². The van der Waals surface area contributed by atoms with Crippen molar-refractivity contribution in [3.8, 4) is 0 Å². The maximum atomic E-state index is 12.0. The maximum Gasteiger partial charge on any atom is 0.321 e. The zero-order chi connectivity index (χ0) is 16.0. The summed E-state index contributed by atoms with van der Waals surface area (Å²) in [4.78, 5) is 38.7. The second kappa shape index (κ2) is 7.97. The first-order valence-electron chi connectivity index (χ1n) is 7.34. The molecule has 1 rings (SSSR count). The van der Waals surface area contributed by atoms with Crippen molar-refractivity contribution in [2.45, 2.75) is 32.7 Å². The van der Waals surface area contributed by atoms with Crippen LogP contribution in [-0.2, 0) is 9.59 Å². The minimum Gasteiger partial charge on any atom is -0.347 e. The summed E-state index contributed by atoms with van der Waals surface area (Å²) in [5.41, 5.74) is 0. The topological polar surface area (TPSA) is 81.8 Å². The van der Waals surface area contributed by atoms with Crippen LogP contribution in [0.25, 0.3) is 0 Å². The molecular formula is C14H26N4O3. The minimum atomic E-state index is -0.483. The van der Waals surface area contributed by atoms with Crippen molar-refractivity contribution >= 4 is 17.8 Å². The highest BCUT2D eigenvalue weighted by Gasteiger charge is 2.32. The third-order valence-corrected chi connectivity index (χ3v) is 3.36. The molecule has 1 unspecified atom stereocenters. The Bertz CT molecular complexity index is 396. The molecule has 21 heavy (non-hydrogen) atoms. The Morgan fingerprint density at radius 3 is 2.52 bits per heavy atom. The number of carbonyl (C=O) groups is 3. The quantitative estimate of drug-likeness (QED) is 0.750. The Kier molecular flexibility index (Phi) is 6.61. The van der Waals surface area contributed by atoms with E-state index in [1.807, 2.05) is 18.7 Å². The smallest absolute Gasteiger partial charge is 0.321 e. The Hall–Kier alpha value is -1.63. The van der Waals surface area contributed by atoms with Gasteiger partial charge in [0.2, 0.25) is 11.8 Å². The molecule has 1 saturated heterocycles. The van der Waals surface area contributed by atoms with Crippen LogP contribution in [0, 0.1) is 5.92 Å². The second-order valence-electron chi connectivity index (χ2n) is 6.01.